The standard InChI is InChI=1S/C19H21ClN4O5/c1-12-17(22-24(21-12)15-5-3-4-14(20)10-15)19(27)29-11-16(25)23-8-6-13(7-9-23)18(26)28-2/h3-5,10,13H,6-9,11H2,1-2H3. The SMILES string of the molecule is COC(=O)C1CCN(C(=O)COC(=O)c2nn(-c3cccc(Cl)c3)nc2C)CC1. The lowest BCUT2D eigenvalue weighted by atomic mass is 9.97. The molecule has 154 valence electrons. The number of rotatable bonds is 5. The molecular formula is C19H21ClN4O5. The van der Waals surface area contributed by atoms with Crippen LogP contribution in [0.3, 0.4) is 0 Å². The Morgan fingerprint density at radius 3 is 2.59 bits per heavy atom. The summed E-state index contributed by atoms with van der Waals surface area (Å²) in [5.74, 6) is -1.51. The van der Waals surface area contributed by atoms with Crippen LogP contribution >= 0.6 is 11.6 Å². The molecule has 0 radical (unpaired) electrons. The molecule has 9 nitrogen and oxygen atoms in total. The summed E-state index contributed by atoms with van der Waals surface area (Å²) in [7, 11) is 1.35. The van der Waals surface area contributed by atoms with Gasteiger partial charge in [-0.25, -0.2) is 4.79 Å². The zero-order valence-electron chi connectivity index (χ0n) is 16.1. The van der Waals surface area contributed by atoms with Gasteiger partial charge in [-0.15, -0.1) is 5.10 Å². The van der Waals surface area contributed by atoms with E-state index in [0.717, 1.165) is 0 Å². The van der Waals surface area contributed by atoms with Crippen LogP contribution in [0.1, 0.15) is 29.0 Å². The average molecular weight is 421 g/mol. The van der Waals surface area contributed by atoms with Gasteiger partial charge in [0.1, 0.15) is 0 Å². The first-order valence-corrected chi connectivity index (χ1v) is 9.49. The van der Waals surface area contributed by atoms with E-state index in [2.05, 4.69) is 10.2 Å². The number of ether oxygens (including phenoxy) is 2. The summed E-state index contributed by atoms with van der Waals surface area (Å²) in [6.45, 7) is 2.06. The van der Waals surface area contributed by atoms with Crippen molar-refractivity contribution >= 4 is 29.4 Å². The molecule has 1 saturated heterocycles. The number of hydrogen-bond donors (Lipinski definition) is 0. The first-order valence-electron chi connectivity index (χ1n) is 9.11. The molecule has 0 atom stereocenters. The van der Waals surface area contributed by atoms with Gasteiger partial charge >= 0.3 is 11.9 Å². The number of nitrogens with zero attached hydrogens (tertiary/aromatic N) is 4. The lowest BCUT2D eigenvalue weighted by molar-refractivity contribution is -0.149. The van der Waals surface area contributed by atoms with E-state index < -0.39 is 12.6 Å². The van der Waals surface area contributed by atoms with Crippen molar-refractivity contribution in [1.82, 2.24) is 19.9 Å². The Morgan fingerprint density at radius 2 is 1.93 bits per heavy atom. The van der Waals surface area contributed by atoms with Gasteiger partial charge in [-0.3, -0.25) is 9.59 Å². The molecule has 1 aromatic carbocycles. The van der Waals surface area contributed by atoms with Crippen LogP contribution in [-0.4, -0.2) is 64.5 Å². The number of methoxy groups -OCH3 is 1. The molecule has 1 aliphatic heterocycles. The summed E-state index contributed by atoms with van der Waals surface area (Å²) >= 11 is 5.97. The van der Waals surface area contributed by atoms with E-state index in [-0.39, 0.29) is 23.5 Å². The Hall–Kier alpha value is -2.94. The summed E-state index contributed by atoms with van der Waals surface area (Å²) in [5, 5.41) is 8.86. The number of benzene rings is 1. The predicted octanol–water partition coefficient (Wildman–Crippen LogP) is 1.80. The molecule has 0 saturated carbocycles. The number of carbonyl (C=O) groups excluding carboxylic acids is 3. The highest BCUT2D eigenvalue weighted by Crippen LogP contribution is 2.19. The molecule has 1 fully saturated rings. The van der Waals surface area contributed by atoms with Crippen LogP contribution in [0, 0.1) is 12.8 Å². The van der Waals surface area contributed by atoms with Crippen molar-refractivity contribution < 1.29 is 23.9 Å². The highest BCUT2D eigenvalue weighted by molar-refractivity contribution is 6.30. The number of carbonyl (C=O) groups is 3. The number of likely N-dealkylation sites (tertiary alicyclic amines) is 1. The van der Waals surface area contributed by atoms with Crippen molar-refractivity contribution in [3.8, 4) is 5.69 Å². The zero-order valence-corrected chi connectivity index (χ0v) is 16.9. The van der Waals surface area contributed by atoms with Gasteiger partial charge in [0.2, 0.25) is 0 Å². The van der Waals surface area contributed by atoms with Gasteiger partial charge in [0.25, 0.3) is 5.91 Å². The number of esters is 2. The Morgan fingerprint density at radius 1 is 1.21 bits per heavy atom. The van der Waals surface area contributed by atoms with Crippen LogP contribution in [0.4, 0.5) is 0 Å². The summed E-state index contributed by atoms with van der Waals surface area (Å²) < 4.78 is 9.86. The molecule has 1 amide bonds. The summed E-state index contributed by atoms with van der Waals surface area (Å²) in [6, 6.07) is 6.88. The fourth-order valence-corrected chi connectivity index (χ4v) is 3.29. The second-order valence-electron chi connectivity index (χ2n) is 6.66. The third kappa shape index (κ3) is 4.92. The number of aryl methyl sites for hydroxylation is 1. The molecule has 1 aliphatic rings. The molecule has 10 heteroatoms. The quantitative estimate of drug-likeness (QED) is 0.679. The third-order valence-corrected chi connectivity index (χ3v) is 4.96. The van der Waals surface area contributed by atoms with E-state index in [1.54, 1.807) is 36.1 Å². The van der Waals surface area contributed by atoms with E-state index in [4.69, 9.17) is 21.1 Å². The lowest BCUT2D eigenvalue weighted by Crippen LogP contribution is -2.42. The van der Waals surface area contributed by atoms with Crippen molar-refractivity contribution in [2.24, 2.45) is 5.92 Å². The van der Waals surface area contributed by atoms with Crippen LogP contribution in [0.25, 0.3) is 5.69 Å². The fourth-order valence-electron chi connectivity index (χ4n) is 3.10. The Balaban J connectivity index is 1.56. The van der Waals surface area contributed by atoms with E-state index in [1.807, 2.05) is 0 Å². The molecule has 1 aromatic heterocycles. The molecule has 2 heterocycles. The van der Waals surface area contributed by atoms with Crippen LogP contribution in [0.2, 0.25) is 5.02 Å². The van der Waals surface area contributed by atoms with Crippen molar-refractivity contribution in [3.63, 3.8) is 0 Å². The van der Waals surface area contributed by atoms with Crippen LogP contribution < -0.4 is 0 Å². The van der Waals surface area contributed by atoms with Gasteiger partial charge in [0.15, 0.2) is 12.3 Å². The molecule has 0 unspecified atom stereocenters. The molecule has 0 spiro atoms. The molecule has 0 N–H and O–H groups in total. The molecule has 3 rings (SSSR count). The zero-order chi connectivity index (χ0) is 21.0. The maximum absolute atomic E-state index is 12.3. The fraction of sp³-hybridized carbons (Fsp3) is 0.421. The van der Waals surface area contributed by atoms with Gasteiger partial charge < -0.3 is 14.4 Å². The Kier molecular flexibility index (Phi) is 6.48. The first kappa shape index (κ1) is 20.8. The number of amides is 1. The summed E-state index contributed by atoms with van der Waals surface area (Å²) in [4.78, 5) is 39.1. The predicted molar refractivity (Wildman–Crippen MR) is 103 cm³/mol. The summed E-state index contributed by atoms with van der Waals surface area (Å²) in [5.41, 5.74) is 1.01. The Bertz CT molecular complexity index is 921. The van der Waals surface area contributed by atoms with Gasteiger partial charge in [-0.05, 0) is 38.0 Å². The molecule has 29 heavy (non-hydrogen) atoms. The van der Waals surface area contributed by atoms with Crippen molar-refractivity contribution in [1.29, 1.82) is 0 Å². The second kappa shape index (κ2) is 9.04. The largest absolute Gasteiger partial charge is 0.469 e. The highest BCUT2D eigenvalue weighted by atomic mass is 35.5. The van der Waals surface area contributed by atoms with Gasteiger partial charge in [0.05, 0.1) is 24.4 Å². The number of piperidine rings is 1. The van der Waals surface area contributed by atoms with Crippen LogP contribution in [0.15, 0.2) is 24.3 Å². The van der Waals surface area contributed by atoms with Crippen LogP contribution in [0.5, 0.6) is 0 Å². The highest BCUT2D eigenvalue weighted by Gasteiger charge is 2.28. The molecule has 2 aromatic rings. The molecular weight excluding hydrogens is 400 g/mol. The van der Waals surface area contributed by atoms with Crippen molar-refractivity contribution in [2.45, 2.75) is 19.8 Å². The van der Waals surface area contributed by atoms with E-state index in [0.29, 0.717) is 42.3 Å². The lowest BCUT2D eigenvalue weighted by Gasteiger charge is -2.30. The van der Waals surface area contributed by atoms with Crippen molar-refractivity contribution in [3.05, 3.63) is 40.7 Å². The van der Waals surface area contributed by atoms with E-state index in [9.17, 15) is 14.4 Å². The summed E-state index contributed by atoms with van der Waals surface area (Å²) in [6.07, 6.45) is 1.05. The smallest absolute Gasteiger partial charge is 0.361 e. The minimum Gasteiger partial charge on any atom is -0.469 e. The topological polar surface area (TPSA) is 104 Å². The molecule has 0 aliphatic carbocycles. The maximum atomic E-state index is 12.3. The normalized spacial score (nSPS) is 14.5. The van der Waals surface area contributed by atoms with E-state index in [1.165, 1.54) is 11.9 Å². The van der Waals surface area contributed by atoms with Crippen LogP contribution in [-0.2, 0) is 19.1 Å². The number of hydrogen-bond acceptors (Lipinski definition) is 7. The van der Waals surface area contributed by atoms with Gasteiger partial charge in [-0.1, -0.05) is 17.7 Å². The second-order valence-corrected chi connectivity index (χ2v) is 7.09. The van der Waals surface area contributed by atoms with Gasteiger partial charge in [0, 0.05) is 18.1 Å². The average Bonchev–Trinajstić information content (AvgIpc) is 3.13. The maximum Gasteiger partial charge on any atom is 0.361 e. The minimum absolute atomic E-state index is 0.0298. The van der Waals surface area contributed by atoms with E-state index >= 15 is 0 Å². The number of halogens is 1. The minimum atomic E-state index is -0.728. The van der Waals surface area contributed by atoms with Gasteiger partial charge in [-0.2, -0.15) is 9.90 Å². The van der Waals surface area contributed by atoms with Crippen molar-refractivity contribution in [2.75, 3.05) is 26.8 Å². The first-order chi connectivity index (χ1) is 13.9. The third-order valence-electron chi connectivity index (χ3n) is 4.72. The molecule has 0 bridgehead atoms. The number of aromatic nitrogens is 3. The monoisotopic (exact) mass is 420 g/mol. The Labute approximate surface area is 172 Å².